The van der Waals surface area contributed by atoms with Crippen LogP contribution in [0, 0.1) is 0 Å². The molecular formula is C15H14N4O2. The first-order chi connectivity index (χ1) is 10.3. The largest absolute Gasteiger partial charge is 0.392 e. The molecule has 0 amide bonds. The highest BCUT2D eigenvalue weighted by atomic mass is 16.5. The quantitative estimate of drug-likeness (QED) is 0.744. The van der Waals surface area contributed by atoms with Crippen LogP contribution in [0.5, 0.6) is 0 Å². The van der Waals surface area contributed by atoms with Crippen molar-refractivity contribution in [3.8, 4) is 11.4 Å². The van der Waals surface area contributed by atoms with Gasteiger partial charge in [0.05, 0.1) is 17.7 Å². The van der Waals surface area contributed by atoms with Crippen molar-refractivity contribution in [2.75, 3.05) is 6.54 Å². The molecule has 106 valence electrons. The average molecular weight is 282 g/mol. The van der Waals surface area contributed by atoms with Gasteiger partial charge >= 0.3 is 0 Å². The van der Waals surface area contributed by atoms with Crippen molar-refractivity contribution in [2.24, 2.45) is 0 Å². The Morgan fingerprint density at radius 3 is 3.10 bits per heavy atom. The van der Waals surface area contributed by atoms with Crippen LogP contribution in [0.4, 0.5) is 0 Å². The average Bonchev–Trinajstić information content (AvgIpc) is 3.15. The molecule has 1 aliphatic heterocycles. The number of aliphatic hydroxyl groups excluding tert-OH is 1. The van der Waals surface area contributed by atoms with Crippen molar-refractivity contribution in [3.63, 3.8) is 0 Å². The summed E-state index contributed by atoms with van der Waals surface area (Å²) in [5.41, 5.74) is 1.83. The van der Waals surface area contributed by atoms with E-state index in [1.54, 1.807) is 6.20 Å². The zero-order valence-corrected chi connectivity index (χ0v) is 11.2. The van der Waals surface area contributed by atoms with Gasteiger partial charge in [-0.15, -0.1) is 0 Å². The van der Waals surface area contributed by atoms with Crippen LogP contribution in [0.1, 0.15) is 18.4 Å². The minimum absolute atomic E-state index is 0.0663. The van der Waals surface area contributed by atoms with Gasteiger partial charge in [-0.25, -0.2) is 0 Å². The minimum atomic E-state index is -0.350. The Bertz CT molecular complexity index is 786. The molecule has 6 heteroatoms. The number of hydrogen-bond donors (Lipinski definition) is 2. The smallest absolute Gasteiger partial charge is 0.244 e. The Labute approximate surface area is 120 Å². The lowest BCUT2D eigenvalue weighted by atomic mass is 10.1. The second-order valence-corrected chi connectivity index (χ2v) is 5.22. The van der Waals surface area contributed by atoms with Gasteiger partial charge in [-0.1, -0.05) is 11.2 Å². The fourth-order valence-electron chi connectivity index (χ4n) is 2.61. The van der Waals surface area contributed by atoms with Gasteiger partial charge in [-0.3, -0.25) is 4.98 Å². The molecular weight excluding hydrogens is 268 g/mol. The van der Waals surface area contributed by atoms with E-state index >= 15 is 0 Å². The Hall–Kier alpha value is -2.31. The molecule has 3 aromatic rings. The number of benzene rings is 1. The van der Waals surface area contributed by atoms with Gasteiger partial charge in [0, 0.05) is 23.7 Å². The molecule has 3 heterocycles. The molecule has 0 aliphatic carbocycles. The number of aromatic nitrogens is 3. The highest BCUT2D eigenvalue weighted by molar-refractivity contribution is 5.82. The fraction of sp³-hybridized carbons (Fsp3) is 0.267. The Morgan fingerprint density at radius 1 is 1.29 bits per heavy atom. The van der Waals surface area contributed by atoms with Gasteiger partial charge in [0.15, 0.2) is 0 Å². The topological polar surface area (TPSA) is 84.1 Å². The number of fused-ring (bicyclic) bond motifs is 1. The maximum Gasteiger partial charge on any atom is 0.244 e. The summed E-state index contributed by atoms with van der Waals surface area (Å²) in [5.74, 6) is 1.08. The van der Waals surface area contributed by atoms with E-state index in [0.29, 0.717) is 24.7 Å². The summed E-state index contributed by atoms with van der Waals surface area (Å²) in [7, 11) is 0. The lowest BCUT2D eigenvalue weighted by molar-refractivity contribution is 0.191. The van der Waals surface area contributed by atoms with E-state index in [-0.39, 0.29) is 12.1 Å². The van der Waals surface area contributed by atoms with Gasteiger partial charge in [0.25, 0.3) is 0 Å². The molecule has 0 bridgehead atoms. The standard InChI is InChI=1S/C15H14N4O2/c20-11-7-13(17-8-11)15-18-14(19-21-15)10-3-4-12-9(6-10)2-1-5-16-12/h1-6,11,13,17,20H,7-8H2/t11-,13-/m1/s1. The number of hydrogen-bond acceptors (Lipinski definition) is 6. The van der Waals surface area contributed by atoms with Crippen LogP contribution in [0.3, 0.4) is 0 Å². The van der Waals surface area contributed by atoms with E-state index in [4.69, 9.17) is 4.52 Å². The van der Waals surface area contributed by atoms with Gasteiger partial charge in [0.1, 0.15) is 0 Å². The van der Waals surface area contributed by atoms with Crippen molar-refractivity contribution in [1.82, 2.24) is 20.4 Å². The lowest BCUT2D eigenvalue weighted by Gasteiger charge is -2.01. The zero-order valence-electron chi connectivity index (χ0n) is 11.2. The summed E-state index contributed by atoms with van der Waals surface area (Å²) in [6, 6.07) is 9.70. The molecule has 6 nitrogen and oxygen atoms in total. The Morgan fingerprint density at radius 2 is 2.24 bits per heavy atom. The molecule has 0 unspecified atom stereocenters. The molecule has 1 aromatic carbocycles. The highest BCUT2D eigenvalue weighted by Crippen LogP contribution is 2.26. The molecule has 21 heavy (non-hydrogen) atoms. The summed E-state index contributed by atoms with van der Waals surface area (Å²) >= 11 is 0. The summed E-state index contributed by atoms with van der Waals surface area (Å²) in [5, 5.41) is 17.8. The maximum atomic E-state index is 9.54. The summed E-state index contributed by atoms with van der Waals surface area (Å²) in [6.07, 6.45) is 2.02. The molecule has 0 saturated carbocycles. The molecule has 1 saturated heterocycles. The van der Waals surface area contributed by atoms with Gasteiger partial charge in [0.2, 0.25) is 11.7 Å². The van der Waals surface area contributed by atoms with E-state index in [9.17, 15) is 5.11 Å². The molecule has 2 aromatic heterocycles. The summed E-state index contributed by atoms with van der Waals surface area (Å²) in [6.45, 7) is 0.560. The van der Waals surface area contributed by atoms with Crippen molar-refractivity contribution in [3.05, 3.63) is 42.4 Å². The van der Waals surface area contributed by atoms with E-state index < -0.39 is 0 Å². The first-order valence-corrected chi connectivity index (χ1v) is 6.90. The number of rotatable bonds is 2. The number of aliphatic hydroxyl groups is 1. The Kier molecular flexibility index (Phi) is 2.90. The van der Waals surface area contributed by atoms with Crippen LogP contribution in [0.2, 0.25) is 0 Å². The molecule has 0 spiro atoms. The van der Waals surface area contributed by atoms with Crippen molar-refractivity contribution in [2.45, 2.75) is 18.6 Å². The van der Waals surface area contributed by atoms with Crippen LogP contribution >= 0.6 is 0 Å². The van der Waals surface area contributed by atoms with Crippen molar-refractivity contribution < 1.29 is 9.63 Å². The SMILES string of the molecule is O[C@H]1CN[C@@H](c2nc(-c3ccc4ncccc4c3)no2)C1. The summed E-state index contributed by atoms with van der Waals surface area (Å²) in [4.78, 5) is 8.72. The Balaban J connectivity index is 1.67. The van der Waals surface area contributed by atoms with E-state index in [1.165, 1.54) is 0 Å². The first-order valence-electron chi connectivity index (χ1n) is 6.90. The number of nitrogens with zero attached hydrogens (tertiary/aromatic N) is 3. The third kappa shape index (κ3) is 2.28. The second kappa shape index (κ2) is 4.91. The monoisotopic (exact) mass is 282 g/mol. The first kappa shape index (κ1) is 12.4. The van der Waals surface area contributed by atoms with E-state index in [2.05, 4.69) is 20.4 Å². The second-order valence-electron chi connectivity index (χ2n) is 5.22. The molecule has 2 atom stereocenters. The number of pyridine rings is 1. The summed E-state index contributed by atoms with van der Waals surface area (Å²) < 4.78 is 5.31. The molecule has 1 fully saturated rings. The predicted molar refractivity (Wildman–Crippen MR) is 76.4 cm³/mol. The van der Waals surface area contributed by atoms with Crippen molar-refractivity contribution >= 4 is 10.9 Å². The molecule has 1 aliphatic rings. The molecule has 2 N–H and O–H groups in total. The normalized spacial score (nSPS) is 22.0. The number of β-amino-alcohol motifs (C(OH)–C–C–N with tert-alkyl or cyclic N) is 1. The van der Waals surface area contributed by atoms with E-state index in [0.717, 1.165) is 16.5 Å². The van der Waals surface area contributed by atoms with Gasteiger partial charge < -0.3 is 14.9 Å². The fourth-order valence-corrected chi connectivity index (χ4v) is 2.61. The third-order valence-electron chi connectivity index (χ3n) is 3.71. The number of nitrogens with one attached hydrogen (secondary N) is 1. The highest BCUT2D eigenvalue weighted by Gasteiger charge is 2.28. The minimum Gasteiger partial charge on any atom is -0.392 e. The van der Waals surface area contributed by atoms with Gasteiger partial charge in [-0.05, 0) is 30.7 Å². The molecule has 4 rings (SSSR count). The van der Waals surface area contributed by atoms with Gasteiger partial charge in [-0.2, -0.15) is 4.98 Å². The van der Waals surface area contributed by atoms with Crippen LogP contribution in [-0.4, -0.2) is 32.9 Å². The van der Waals surface area contributed by atoms with Crippen LogP contribution in [0.25, 0.3) is 22.3 Å². The predicted octanol–water partition coefficient (Wildman–Crippen LogP) is 1.68. The van der Waals surface area contributed by atoms with Crippen LogP contribution in [0.15, 0.2) is 41.1 Å². The molecule has 0 radical (unpaired) electrons. The lowest BCUT2D eigenvalue weighted by Crippen LogP contribution is -2.15. The zero-order chi connectivity index (χ0) is 14.2. The van der Waals surface area contributed by atoms with Crippen LogP contribution < -0.4 is 5.32 Å². The van der Waals surface area contributed by atoms with Crippen molar-refractivity contribution in [1.29, 1.82) is 0 Å². The van der Waals surface area contributed by atoms with Crippen LogP contribution in [-0.2, 0) is 0 Å². The van der Waals surface area contributed by atoms with E-state index in [1.807, 2.05) is 30.3 Å². The third-order valence-corrected chi connectivity index (χ3v) is 3.71. The maximum absolute atomic E-state index is 9.54.